The molecule has 0 aliphatic rings. The number of aromatic amines is 1. The molecule has 1 heterocycles. The fourth-order valence-corrected chi connectivity index (χ4v) is 2.66. The normalized spacial score (nSPS) is 13.2. The van der Waals surface area contributed by atoms with Crippen molar-refractivity contribution in [1.82, 2.24) is 4.98 Å². The van der Waals surface area contributed by atoms with E-state index in [-0.39, 0.29) is 28.6 Å². The standard InChI is InChI=1S/C18H20F6N2O/c1-16(2,3)6-7-26(10-17(19,20)21)11-4-5-14-12(8-11)13(18(22,23)24)9-15(27)25-14/h4-5,8-9H,6-7,10H2,1-3H3,(H,25,27). The second kappa shape index (κ2) is 7.09. The lowest BCUT2D eigenvalue weighted by atomic mass is 9.92. The van der Waals surface area contributed by atoms with Gasteiger partial charge in [-0.3, -0.25) is 4.79 Å². The number of pyridine rings is 1. The van der Waals surface area contributed by atoms with Crippen LogP contribution in [0.3, 0.4) is 0 Å². The number of hydrogen-bond donors (Lipinski definition) is 1. The highest BCUT2D eigenvalue weighted by atomic mass is 19.4. The Hall–Kier alpha value is -2.19. The third-order valence-corrected chi connectivity index (χ3v) is 4.00. The molecule has 27 heavy (non-hydrogen) atoms. The lowest BCUT2D eigenvalue weighted by molar-refractivity contribution is -0.136. The van der Waals surface area contributed by atoms with Crippen molar-refractivity contribution in [3.63, 3.8) is 0 Å². The molecule has 0 bridgehead atoms. The van der Waals surface area contributed by atoms with Crippen molar-refractivity contribution in [2.45, 2.75) is 39.5 Å². The summed E-state index contributed by atoms with van der Waals surface area (Å²) in [5.41, 5.74) is -2.42. The molecule has 0 atom stereocenters. The second-order valence-electron chi connectivity index (χ2n) is 7.62. The molecule has 3 nitrogen and oxygen atoms in total. The van der Waals surface area contributed by atoms with Gasteiger partial charge in [-0.1, -0.05) is 20.8 Å². The summed E-state index contributed by atoms with van der Waals surface area (Å²) in [6.45, 7) is 4.35. The first-order chi connectivity index (χ1) is 12.2. The number of H-pyrrole nitrogens is 1. The van der Waals surface area contributed by atoms with Gasteiger partial charge in [-0.05, 0) is 30.0 Å². The average Bonchev–Trinajstić information content (AvgIpc) is 2.47. The van der Waals surface area contributed by atoms with Crippen molar-refractivity contribution in [3.8, 4) is 0 Å². The average molecular weight is 394 g/mol. The van der Waals surface area contributed by atoms with Gasteiger partial charge < -0.3 is 9.88 Å². The van der Waals surface area contributed by atoms with Crippen molar-refractivity contribution >= 4 is 16.6 Å². The van der Waals surface area contributed by atoms with Crippen molar-refractivity contribution < 1.29 is 26.3 Å². The summed E-state index contributed by atoms with van der Waals surface area (Å²) in [7, 11) is 0. The molecule has 0 saturated carbocycles. The van der Waals surface area contributed by atoms with E-state index in [1.807, 2.05) is 20.8 Å². The van der Waals surface area contributed by atoms with Crippen LogP contribution in [0.5, 0.6) is 0 Å². The molecule has 2 rings (SSSR count). The molecule has 150 valence electrons. The maximum atomic E-state index is 13.3. The zero-order valence-corrected chi connectivity index (χ0v) is 15.1. The van der Waals surface area contributed by atoms with E-state index in [0.29, 0.717) is 12.5 Å². The van der Waals surface area contributed by atoms with E-state index >= 15 is 0 Å². The number of alkyl halides is 6. The summed E-state index contributed by atoms with van der Waals surface area (Å²) in [5.74, 6) is 0. The molecule has 1 N–H and O–H groups in total. The molecule has 0 fully saturated rings. The van der Waals surface area contributed by atoms with Gasteiger partial charge in [0.1, 0.15) is 6.54 Å². The Morgan fingerprint density at radius 1 is 1.00 bits per heavy atom. The Labute approximate surface area is 152 Å². The highest BCUT2D eigenvalue weighted by molar-refractivity contribution is 5.86. The minimum absolute atomic E-state index is 0.0154. The summed E-state index contributed by atoms with van der Waals surface area (Å²) < 4.78 is 78.7. The van der Waals surface area contributed by atoms with Crippen LogP contribution in [0.4, 0.5) is 32.0 Å². The third kappa shape index (κ3) is 5.90. The van der Waals surface area contributed by atoms with Crippen LogP contribution in [-0.2, 0) is 6.18 Å². The topological polar surface area (TPSA) is 36.1 Å². The van der Waals surface area contributed by atoms with E-state index in [0.717, 1.165) is 11.0 Å². The van der Waals surface area contributed by atoms with Crippen molar-refractivity contribution in [2.24, 2.45) is 5.41 Å². The molecule has 1 aromatic heterocycles. The quantitative estimate of drug-likeness (QED) is 0.710. The number of benzene rings is 1. The van der Waals surface area contributed by atoms with Crippen LogP contribution in [0, 0.1) is 5.41 Å². The number of nitrogens with zero attached hydrogens (tertiary/aromatic N) is 1. The van der Waals surface area contributed by atoms with Crippen LogP contribution >= 0.6 is 0 Å². The Balaban J connectivity index is 2.55. The van der Waals surface area contributed by atoms with Crippen LogP contribution in [0.2, 0.25) is 0 Å². The summed E-state index contributed by atoms with van der Waals surface area (Å²) in [5, 5.41) is -0.345. The maximum Gasteiger partial charge on any atom is 0.417 e. The Morgan fingerprint density at radius 2 is 1.63 bits per heavy atom. The van der Waals surface area contributed by atoms with Gasteiger partial charge in [0.2, 0.25) is 5.56 Å². The van der Waals surface area contributed by atoms with Crippen molar-refractivity contribution in [1.29, 1.82) is 0 Å². The number of anilines is 1. The van der Waals surface area contributed by atoms with Gasteiger partial charge in [-0.2, -0.15) is 26.3 Å². The zero-order chi connectivity index (χ0) is 20.6. The van der Waals surface area contributed by atoms with Crippen LogP contribution in [0.25, 0.3) is 10.9 Å². The maximum absolute atomic E-state index is 13.3. The minimum atomic E-state index is -4.80. The van der Waals surface area contributed by atoms with Gasteiger partial charge in [0.05, 0.1) is 5.56 Å². The molecule has 0 spiro atoms. The fraction of sp³-hybridized carbons (Fsp3) is 0.500. The van der Waals surface area contributed by atoms with Crippen LogP contribution in [-0.4, -0.2) is 24.2 Å². The van der Waals surface area contributed by atoms with E-state index in [1.165, 1.54) is 12.1 Å². The molecule has 0 aliphatic heterocycles. The summed E-state index contributed by atoms with van der Waals surface area (Å²) in [4.78, 5) is 14.7. The molecular formula is C18H20F6N2O. The summed E-state index contributed by atoms with van der Waals surface area (Å²) >= 11 is 0. The molecule has 0 aliphatic carbocycles. The van der Waals surface area contributed by atoms with Crippen LogP contribution in [0.15, 0.2) is 29.1 Å². The summed E-state index contributed by atoms with van der Waals surface area (Å²) in [6.07, 6.45) is -8.89. The predicted octanol–water partition coefficient (Wildman–Crippen LogP) is 5.35. The molecular weight excluding hydrogens is 374 g/mol. The SMILES string of the molecule is CC(C)(C)CCN(CC(F)(F)F)c1ccc2[nH]c(=O)cc(C(F)(F)F)c2c1. The fourth-order valence-electron chi connectivity index (χ4n) is 2.66. The van der Waals surface area contributed by atoms with E-state index in [2.05, 4.69) is 4.98 Å². The van der Waals surface area contributed by atoms with Crippen LogP contribution < -0.4 is 10.5 Å². The number of rotatable bonds is 4. The van der Waals surface area contributed by atoms with Gasteiger partial charge in [-0.15, -0.1) is 0 Å². The molecule has 2 aromatic rings. The first kappa shape index (κ1) is 21.1. The van der Waals surface area contributed by atoms with Gasteiger partial charge in [0.15, 0.2) is 0 Å². The number of aromatic nitrogens is 1. The van der Waals surface area contributed by atoms with E-state index in [1.54, 1.807) is 0 Å². The molecule has 0 saturated heterocycles. The summed E-state index contributed by atoms with van der Waals surface area (Å²) in [6, 6.07) is 3.94. The van der Waals surface area contributed by atoms with Crippen LogP contribution in [0.1, 0.15) is 32.8 Å². The molecule has 0 radical (unpaired) electrons. The Bertz CT molecular complexity index is 861. The van der Waals surface area contributed by atoms with E-state index in [4.69, 9.17) is 0 Å². The lowest BCUT2D eigenvalue weighted by Crippen LogP contribution is -2.36. The van der Waals surface area contributed by atoms with E-state index in [9.17, 15) is 31.1 Å². The minimum Gasteiger partial charge on any atom is -0.363 e. The second-order valence-corrected chi connectivity index (χ2v) is 7.62. The monoisotopic (exact) mass is 394 g/mol. The molecule has 0 unspecified atom stereocenters. The van der Waals surface area contributed by atoms with Gasteiger partial charge >= 0.3 is 12.4 Å². The third-order valence-electron chi connectivity index (χ3n) is 4.00. The first-order valence-electron chi connectivity index (χ1n) is 8.22. The Morgan fingerprint density at radius 3 is 2.15 bits per heavy atom. The predicted molar refractivity (Wildman–Crippen MR) is 91.9 cm³/mol. The first-order valence-corrected chi connectivity index (χ1v) is 8.22. The van der Waals surface area contributed by atoms with Gasteiger partial charge in [-0.25, -0.2) is 0 Å². The molecule has 0 amide bonds. The lowest BCUT2D eigenvalue weighted by Gasteiger charge is -2.29. The Kier molecular flexibility index (Phi) is 5.54. The number of nitrogens with one attached hydrogen (secondary N) is 1. The highest BCUT2D eigenvalue weighted by Crippen LogP contribution is 2.35. The molecule has 9 heteroatoms. The smallest absolute Gasteiger partial charge is 0.363 e. The number of fused-ring (bicyclic) bond motifs is 1. The van der Waals surface area contributed by atoms with Crippen molar-refractivity contribution in [3.05, 3.63) is 40.2 Å². The number of halogens is 6. The van der Waals surface area contributed by atoms with E-state index < -0.39 is 30.0 Å². The molecule has 1 aromatic carbocycles. The zero-order valence-electron chi connectivity index (χ0n) is 15.1. The van der Waals surface area contributed by atoms with Gasteiger partial charge in [0, 0.05) is 29.2 Å². The van der Waals surface area contributed by atoms with Crippen molar-refractivity contribution in [2.75, 3.05) is 18.0 Å². The largest absolute Gasteiger partial charge is 0.417 e. The van der Waals surface area contributed by atoms with Gasteiger partial charge in [0.25, 0.3) is 0 Å². The number of hydrogen-bond acceptors (Lipinski definition) is 2. The highest BCUT2D eigenvalue weighted by Gasteiger charge is 2.34.